The lowest BCUT2D eigenvalue weighted by Gasteiger charge is -2.21. The van der Waals surface area contributed by atoms with Crippen molar-refractivity contribution in [2.75, 3.05) is 21.3 Å². The van der Waals surface area contributed by atoms with Gasteiger partial charge in [0.2, 0.25) is 5.91 Å². The largest absolute Gasteiger partial charge is 0.497 e. The van der Waals surface area contributed by atoms with Crippen LogP contribution in [-0.2, 0) is 9.59 Å². The van der Waals surface area contributed by atoms with Crippen LogP contribution in [-0.4, -0.2) is 38.3 Å². The summed E-state index contributed by atoms with van der Waals surface area (Å²) in [7, 11) is 4.57. The van der Waals surface area contributed by atoms with Gasteiger partial charge in [-0.25, -0.2) is 0 Å². The van der Waals surface area contributed by atoms with Gasteiger partial charge in [0.1, 0.15) is 5.75 Å². The first kappa shape index (κ1) is 21.1. The van der Waals surface area contributed by atoms with Crippen LogP contribution in [0.15, 0.2) is 42.5 Å². The van der Waals surface area contributed by atoms with Gasteiger partial charge in [-0.2, -0.15) is 0 Å². The number of carbonyl (C=O) groups excluding carboxylic acids is 1. The van der Waals surface area contributed by atoms with E-state index < -0.39 is 17.9 Å². The molecule has 2 aromatic rings. The lowest BCUT2D eigenvalue weighted by molar-refractivity contribution is -0.137. The van der Waals surface area contributed by atoms with E-state index in [4.69, 9.17) is 14.2 Å². The Labute approximate surface area is 164 Å². The molecule has 2 atom stereocenters. The molecule has 0 aliphatic heterocycles. The number of nitrogens with one attached hydrogen (secondary N) is 1. The smallest absolute Gasteiger partial charge is 0.305 e. The molecule has 0 aliphatic rings. The van der Waals surface area contributed by atoms with Gasteiger partial charge in [0.05, 0.1) is 39.7 Å². The number of carboxylic acids is 1. The van der Waals surface area contributed by atoms with Crippen LogP contribution in [0.5, 0.6) is 17.2 Å². The molecule has 2 N–H and O–H groups in total. The van der Waals surface area contributed by atoms with Crippen molar-refractivity contribution in [2.24, 2.45) is 0 Å². The summed E-state index contributed by atoms with van der Waals surface area (Å²) in [6.45, 7) is 1.76. The Morgan fingerprint density at radius 3 is 2.29 bits per heavy atom. The van der Waals surface area contributed by atoms with Gasteiger partial charge in [-0.3, -0.25) is 9.59 Å². The van der Waals surface area contributed by atoms with E-state index in [-0.39, 0.29) is 12.3 Å². The molecular formula is C21H25NO6. The van der Waals surface area contributed by atoms with Crippen LogP contribution < -0.4 is 19.5 Å². The highest BCUT2D eigenvalue weighted by Crippen LogP contribution is 2.31. The Hall–Kier alpha value is -3.22. The first-order valence-electron chi connectivity index (χ1n) is 8.77. The van der Waals surface area contributed by atoms with E-state index in [1.165, 1.54) is 14.2 Å². The van der Waals surface area contributed by atoms with Crippen LogP contribution in [0.1, 0.15) is 36.4 Å². The third-order valence-corrected chi connectivity index (χ3v) is 4.49. The Balaban J connectivity index is 2.26. The van der Waals surface area contributed by atoms with Crippen molar-refractivity contribution in [2.45, 2.75) is 25.3 Å². The van der Waals surface area contributed by atoms with Crippen molar-refractivity contribution in [3.8, 4) is 17.2 Å². The molecule has 0 aliphatic carbocycles. The molecule has 1 amide bonds. The van der Waals surface area contributed by atoms with Crippen LogP contribution in [0.2, 0.25) is 0 Å². The van der Waals surface area contributed by atoms with Crippen LogP contribution in [0.3, 0.4) is 0 Å². The second kappa shape index (κ2) is 9.64. The first-order valence-corrected chi connectivity index (χ1v) is 8.77. The van der Waals surface area contributed by atoms with Gasteiger partial charge < -0.3 is 24.6 Å². The van der Waals surface area contributed by atoms with Gasteiger partial charge in [0.15, 0.2) is 11.5 Å². The number of hydrogen-bond acceptors (Lipinski definition) is 5. The number of carbonyl (C=O) groups is 2. The lowest BCUT2D eigenvalue weighted by atomic mass is 9.97. The summed E-state index contributed by atoms with van der Waals surface area (Å²) < 4.78 is 15.7. The van der Waals surface area contributed by atoms with Gasteiger partial charge in [-0.05, 0) is 42.3 Å². The van der Waals surface area contributed by atoms with Gasteiger partial charge in [0.25, 0.3) is 0 Å². The van der Waals surface area contributed by atoms with Crippen molar-refractivity contribution in [1.29, 1.82) is 0 Å². The third-order valence-electron chi connectivity index (χ3n) is 4.49. The maximum atomic E-state index is 12.8. The number of hydrogen-bond donors (Lipinski definition) is 2. The number of benzene rings is 2. The molecular weight excluding hydrogens is 362 g/mol. The molecule has 0 heterocycles. The average Bonchev–Trinajstić information content (AvgIpc) is 2.71. The molecule has 150 valence electrons. The van der Waals surface area contributed by atoms with Gasteiger partial charge in [-0.1, -0.05) is 18.2 Å². The molecule has 7 heteroatoms. The van der Waals surface area contributed by atoms with E-state index in [0.29, 0.717) is 22.8 Å². The molecule has 0 radical (unpaired) electrons. The fraction of sp³-hybridized carbons (Fsp3) is 0.333. The standard InChI is InChI=1S/C21H25NO6/c1-13(14-6-5-7-16(10-14)26-2)21(25)22-17(12-20(23)24)15-8-9-18(27-3)19(11-15)28-4/h5-11,13,17H,12H2,1-4H3,(H,22,25)(H,23,24). The summed E-state index contributed by atoms with van der Waals surface area (Å²) >= 11 is 0. The predicted molar refractivity (Wildman–Crippen MR) is 104 cm³/mol. The second-order valence-electron chi connectivity index (χ2n) is 6.27. The summed E-state index contributed by atoms with van der Waals surface area (Å²) in [4.78, 5) is 24.1. The SMILES string of the molecule is COc1cccc(C(C)C(=O)NC(CC(=O)O)c2ccc(OC)c(OC)c2)c1. The lowest BCUT2D eigenvalue weighted by Crippen LogP contribution is -2.33. The minimum atomic E-state index is -1.02. The Bertz CT molecular complexity index is 835. The van der Waals surface area contributed by atoms with Gasteiger partial charge >= 0.3 is 5.97 Å². The third kappa shape index (κ3) is 5.16. The zero-order valence-corrected chi connectivity index (χ0v) is 16.4. The summed E-state index contributed by atoms with van der Waals surface area (Å²) in [5.41, 5.74) is 1.39. The second-order valence-corrected chi connectivity index (χ2v) is 6.27. The maximum Gasteiger partial charge on any atom is 0.305 e. The van der Waals surface area contributed by atoms with Crippen LogP contribution in [0.4, 0.5) is 0 Å². The summed E-state index contributed by atoms with van der Waals surface area (Å²) in [5.74, 6) is -0.143. The molecule has 0 saturated heterocycles. The Morgan fingerprint density at radius 1 is 0.964 bits per heavy atom. The molecule has 0 saturated carbocycles. The normalized spacial score (nSPS) is 12.6. The molecule has 0 fully saturated rings. The van der Waals surface area contributed by atoms with E-state index in [1.807, 2.05) is 6.07 Å². The fourth-order valence-electron chi connectivity index (χ4n) is 2.86. The van der Waals surface area contributed by atoms with E-state index in [2.05, 4.69) is 5.32 Å². The van der Waals surface area contributed by atoms with E-state index in [0.717, 1.165) is 5.56 Å². The zero-order valence-electron chi connectivity index (χ0n) is 16.4. The zero-order chi connectivity index (χ0) is 20.7. The highest BCUT2D eigenvalue weighted by molar-refractivity contribution is 5.84. The Morgan fingerprint density at radius 2 is 1.68 bits per heavy atom. The summed E-state index contributed by atoms with van der Waals surface area (Å²) in [6, 6.07) is 11.6. The van der Waals surface area contributed by atoms with Crippen LogP contribution in [0.25, 0.3) is 0 Å². The Kier molecular flexibility index (Phi) is 7.26. The van der Waals surface area contributed by atoms with E-state index in [1.54, 1.807) is 50.4 Å². The molecule has 2 rings (SSSR count). The average molecular weight is 387 g/mol. The molecule has 7 nitrogen and oxygen atoms in total. The van der Waals surface area contributed by atoms with E-state index >= 15 is 0 Å². The van der Waals surface area contributed by atoms with Gasteiger partial charge in [0, 0.05) is 0 Å². The van der Waals surface area contributed by atoms with Crippen molar-refractivity contribution in [3.63, 3.8) is 0 Å². The number of methoxy groups -OCH3 is 3. The number of rotatable bonds is 9. The topological polar surface area (TPSA) is 94.1 Å². The van der Waals surface area contributed by atoms with Crippen LogP contribution in [0, 0.1) is 0 Å². The van der Waals surface area contributed by atoms with Crippen molar-refractivity contribution in [3.05, 3.63) is 53.6 Å². The molecule has 0 aromatic heterocycles. The summed E-state index contributed by atoms with van der Waals surface area (Å²) in [5, 5.41) is 12.1. The summed E-state index contributed by atoms with van der Waals surface area (Å²) in [6.07, 6.45) is -0.258. The molecule has 0 bridgehead atoms. The molecule has 28 heavy (non-hydrogen) atoms. The molecule has 2 aromatic carbocycles. The van der Waals surface area contributed by atoms with Crippen molar-refractivity contribution >= 4 is 11.9 Å². The monoisotopic (exact) mass is 387 g/mol. The number of amides is 1. The minimum absolute atomic E-state index is 0.258. The first-order chi connectivity index (χ1) is 13.4. The highest BCUT2D eigenvalue weighted by atomic mass is 16.5. The quantitative estimate of drug-likeness (QED) is 0.686. The molecule has 2 unspecified atom stereocenters. The number of carboxylic acid groups (broad SMARTS) is 1. The van der Waals surface area contributed by atoms with Crippen LogP contribution >= 0.6 is 0 Å². The molecule has 0 spiro atoms. The number of aliphatic carboxylic acids is 1. The highest BCUT2D eigenvalue weighted by Gasteiger charge is 2.23. The fourth-order valence-corrected chi connectivity index (χ4v) is 2.86. The van der Waals surface area contributed by atoms with Gasteiger partial charge in [-0.15, -0.1) is 0 Å². The number of ether oxygens (including phenoxy) is 3. The van der Waals surface area contributed by atoms with E-state index in [9.17, 15) is 14.7 Å². The van der Waals surface area contributed by atoms with Crippen molar-refractivity contribution < 1.29 is 28.9 Å². The maximum absolute atomic E-state index is 12.8. The van der Waals surface area contributed by atoms with Crippen molar-refractivity contribution in [1.82, 2.24) is 5.32 Å². The predicted octanol–water partition coefficient (Wildman–Crippen LogP) is 3.15. The minimum Gasteiger partial charge on any atom is -0.497 e.